The second-order valence-electron chi connectivity index (χ2n) is 6.31. The molecule has 1 aliphatic rings. The van der Waals surface area contributed by atoms with Crippen LogP contribution in [0.15, 0.2) is 22.8 Å². The van der Waals surface area contributed by atoms with Crippen molar-refractivity contribution >= 4 is 35.0 Å². The van der Waals surface area contributed by atoms with Crippen LogP contribution in [0.25, 0.3) is 6.08 Å². The molecule has 0 radical (unpaired) electrons. The van der Waals surface area contributed by atoms with Gasteiger partial charge >= 0.3 is 0 Å². The lowest BCUT2D eigenvalue weighted by molar-refractivity contribution is -0.114. The quantitative estimate of drug-likeness (QED) is 0.206. The maximum atomic E-state index is 14.1. The van der Waals surface area contributed by atoms with E-state index in [2.05, 4.69) is 11.0 Å². The van der Waals surface area contributed by atoms with Crippen LogP contribution in [0.1, 0.15) is 12.5 Å². The van der Waals surface area contributed by atoms with Crippen molar-refractivity contribution in [3.8, 4) is 23.8 Å². The number of nitrogens with zero attached hydrogens (tertiary/aromatic N) is 2. The van der Waals surface area contributed by atoms with E-state index in [1.807, 2.05) is 0 Å². The lowest BCUT2D eigenvalue weighted by Crippen LogP contribution is -2.25. The van der Waals surface area contributed by atoms with Gasteiger partial charge in [0.15, 0.2) is 34.8 Å². The Labute approximate surface area is 183 Å². The molecule has 0 unspecified atom stereocenters. The van der Waals surface area contributed by atoms with Gasteiger partial charge in [-0.05, 0) is 30.7 Å². The first kappa shape index (κ1) is 23.1. The summed E-state index contributed by atoms with van der Waals surface area (Å²) in [4.78, 5) is 12.7. The number of benzene rings is 2. The third-order valence-electron chi connectivity index (χ3n) is 4.32. The largest absolute Gasteiger partial charge is 0.493 e. The summed E-state index contributed by atoms with van der Waals surface area (Å²) in [5, 5.41) is 3.86. The number of ether oxygens (including phenoxy) is 2. The summed E-state index contributed by atoms with van der Waals surface area (Å²) in [6.07, 6.45) is 6.41. The van der Waals surface area contributed by atoms with Crippen LogP contribution in [-0.2, 0) is 4.79 Å². The molecule has 1 aliphatic heterocycles. The van der Waals surface area contributed by atoms with Gasteiger partial charge in [0.1, 0.15) is 12.3 Å². The van der Waals surface area contributed by atoms with E-state index in [0.29, 0.717) is 5.56 Å². The van der Waals surface area contributed by atoms with Crippen molar-refractivity contribution in [3.63, 3.8) is 0 Å². The number of carbonyl (C=O) groups is 1. The van der Waals surface area contributed by atoms with Gasteiger partial charge in [-0.2, -0.15) is 10.1 Å². The molecule has 3 rings (SSSR count). The molecule has 0 saturated heterocycles. The van der Waals surface area contributed by atoms with E-state index in [0.717, 1.165) is 0 Å². The first-order chi connectivity index (χ1) is 15.1. The number of carbonyl (C=O) groups excluding carboxylic acids is 1. The number of methoxy groups -OCH3 is 1. The SMILES string of the molecule is C#CCOc1c(Cl)cc(/C=C2/C(=O)N(c3c(F)c(F)c(F)c(F)c3F)N=C2C)cc1OC. The normalized spacial score (nSPS) is 14.6. The molecule has 2 aromatic carbocycles. The van der Waals surface area contributed by atoms with Crippen molar-refractivity contribution in [2.75, 3.05) is 18.7 Å². The zero-order valence-corrected chi connectivity index (χ0v) is 17.2. The highest BCUT2D eigenvalue weighted by Crippen LogP contribution is 2.38. The number of rotatable bonds is 5. The minimum atomic E-state index is -2.35. The summed E-state index contributed by atoms with van der Waals surface area (Å²) in [7, 11) is 1.34. The zero-order valence-electron chi connectivity index (χ0n) is 16.4. The van der Waals surface area contributed by atoms with Crippen molar-refractivity contribution in [3.05, 3.63) is 57.4 Å². The summed E-state index contributed by atoms with van der Waals surface area (Å²) >= 11 is 6.18. The highest BCUT2D eigenvalue weighted by Gasteiger charge is 2.37. The molecule has 0 N–H and O–H groups in total. The summed E-state index contributed by atoms with van der Waals surface area (Å²) in [6, 6.07) is 2.83. The molecule has 32 heavy (non-hydrogen) atoms. The number of hydrogen-bond acceptors (Lipinski definition) is 4. The predicted octanol–water partition coefficient (Wildman–Crippen LogP) is 4.86. The Kier molecular flexibility index (Phi) is 6.41. The van der Waals surface area contributed by atoms with Gasteiger partial charge in [-0.3, -0.25) is 4.79 Å². The van der Waals surface area contributed by atoms with E-state index < -0.39 is 40.7 Å². The summed E-state index contributed by atoms with van der Waals surface area (Å²) in [5.41, 5.74) is -1.40. The third-order valence-corrected chi connectivity index (χ3v) is 4.60. The molecule has 0 spiro atoms. The van der Waals surface area contributed by atoms with Gasteiger partial charge in [0.05, 0.1) is 23.4 Å². The molecular weight excluding hydrogens is 459 g/mol. The molecule has 11 heteroatoms. The number of hydrogen-bond donors (Lipinski definition) is 0. The molecule has 0 aliphatic carbocycles. The number of amides is 1. The molecule has 166 valence electrons. The number of anilines is 1. The van der Waals surface area contributed by atoms with Crippen molar-refractivity contribution < 1.29 is 36.2 Å². The van der Waals surface area contributed by atoms with Gasteiger partial charge < -0.3 is 9.47 Å². The smallest absolute Gasteiger partial charge is 0.280 e. The van der Waals surface area contributed by atoms with E-state index in [-0.39, 0.29) is 39.4 Å². The molecular formula is C21H12ClF5N2O3. The fraction of sp³-hybridized carbons (Fsp3) is 0.143. The monoisotopic (exact) mass is 470 g/mol. The molecule has 1 amide bonds. The van der Waals surface area contributed by atoms with E-state index in [9.17, 15) is 26.7 Å². The molecule has 0 aromatic heterocycles. The summed E-state index contributed by atoms with van der Waals surface area (Å²) < 4.78 is 79.2. The van der Waals surface area contributed by atoms with E-state index in [1.165, 1.54) is 32.2 Å². The molecule has 0 saturated carbocycles. The van der Waals surface area contributed by atoms with E-state index in [1.54, 1.807) is 0 Å². The van der Waals surface area contributed by atoms with Gasteiger partial charge in [-0.25, -0.2) is 22.0 Å². The first-order valence-corrected chi connectivity index (χ1v) is 9.07. The number of halogens is 6. The van der Waals surface area contributed by atoms with Gasteiger partial charge in [-0.15, -0.1) is 6.42 Å². The Morgan fingerprint density at radius 1 is 1.12 bits per heavy atom. The maximum Gasteiger partial charge on any atom is 0.280 e. The van der Waals surface area contributed by atoms with Crippen LogP contribution in [-0.4, -0.2) is 25.3 Å². The van der Waals surface area contributed by atoms with Crippen molar-refractivity contribution in [2.45, 2.75) is 6.92 Å². The maximum absolute atomic E-state index is 14.1. The lowest BCUT2D eigenvalue weighted by Gasteiger charge is -2.15. The van der Waals surface area contributed by atoms with Gasteiger partial charge in [0.2, 0.25) is 5.82 Å². The van der Waals surface area contributed by atoms with Crippen LogP contribution in [0.2, 0.25) is 5.02 Å². The van der Waals surface area contributed by atoms with Gasteiger partial charge in [0.25, 0.3) is 5.91 Å². The predicted molar refractivity (Wildman–Crippen MR) is 107 cm³/mol. The Morgan fingerprint density at radius 2 is 1.72 bits per heavy atom. The Balaban J connectivity index is 2.05. The Bertz CT molecular complexity index is 1210. The number of terminal acetylenes is 1. The lowest BCUT2D eigenvalue weighted by atomic mass is 10.1. The number of hydrazone groups is 1. The van der Waals surface area contributed by atoms with Crippen LogP contribution >= 0.6 is 11.6 Å². The van der Waals surface area contributed by atoms with Crippen LogP contribution in [0.4, 0.5) is 27.6 Å². The Hall–Kier alpha value is -3.58. The van der Waals surface area contributed by atoms with Crippen molar-refractivity contribution in [2.24, 2.45) is 5.10 Å². The zero-order chi connectivity index (χ0) is 23.7. The molecule has 0 fully saturated rings. The molecule has 2 aromatic rings. The van der Waals surface area contributed by atoms with Gasteiger partial charge in [-0.1, -0.05) is 17.5 Å². The average Bonchev–Trinajstić information content (AvgIpc) is 3.03. The van der Waals surface area contributed by atoms with E-state index >= 15 is 0 Å². The fourth-order valence-electron chi connectivity index (χ4n) is 2.86. The van der Waals surface area contributed by atoms with Gasteiger partial charge in [0, 0.05) is 0 Å². The standard InChI is InChI=1S/C21H12ClF5N2O3/c1-4-5-32-20-12(22)7-10(8-13(20)31-3)6-11-9(2)28-29(21(11)30)19-17(26)15(24)14(23)16(25)18(19)27/h1,6-8H,5H2,2-3H3/b11-6+. The van der Waals surface area contributed by atoms with Crippen LogP contribution < -0.4 is 14.5 Å². The second-order valence-corrected chi connectivity index (χ2v) is 6.71. The summed E-state index contributed by atoms with van der Waals surface area (Å²) in [5.74, 6) is -9.64. The first-order valence-electron chi connectivity index (χ1n) is 8.69. The highest BCUT2D eigenvalue weighted by atomic mass is 35.5. The highest BCUT2D eigenvalue weighted by molar-refractivity contribution is 6.33. The molecule has 5 nitrogen and oxygen atoms in total. The third kappa shape index (κ3) is 3.87. The summed E-state index contributed by atoms with van der Waals surface area (Å²) in [6.45, 7) is 1.23. The van der Waals surface area contributed by atoms with Crippen LogP contribution in [0.3, 0.4) is 0 Å². The van der Waals surface area contributed by atoms with Crippen LogP contribution in [0.5, 0.6) is 11.5 Å². The topological polar surface area (TPSA) is 51.1 Å². The van der Waals surface area contributed by atoms with Crippen molar-refractivity contribution in [1.29, 1.82) is 0 Å². The Morgan fingerprint density at radius 3 is 2.28 bits per heavy atom. The second kappa shape index (κ2) is 8.88. The molecule has 0 bridgehead atoms. The molecule has 0 atom stereocenters. The van der Waals surface area contributed by atoms with E-state index in [4.69, 9.17) is 27.5 Å². The van der Waals surface area contributed by atoms with Crippen LogP contribution in [0, 0.1) is 41.4 Å². The molecule has 1 heterocycles. The minimum absolute atomic E-state index is 0.0401. The fourth-order valence-corrected chi connectivity index (χ4v) is 3.13. The average molecular weight is 471 g/mol. The van der Waals surface area contributed by atoms with Crippen molar-refractivity contribution in [1.82, 2.24) is 0 Å². The minimum Gasteiger partial charge on any atom is -0.493 e.